The highest BCUT2D eigenvalue weighted by Crippen LogP contribution is 2.11. The average Bonchev–Trinajstić information content (AvgIpc) is 2.93. The molecule has 2 heterocycles. The summed E-state index contributed by atoms with van der Waals surface area (Å²) in [7, 11) is 0. The minimum absolute atomic E-state index is 0.168. The number of aromatic nitrogens is 2. The van der Waals surface area contributed by atoms with E-state index in [2.05, 4.69) is 15.5 Å². The van der Waals surface area contributed by atoms with Crippen molar-refractivity contribution in [2.75, 3.05) is 11.9 Å². The van der Waals surface area contributed by atoms with Crippen molar-refractivity contribution in [1.82, 2.24) is 10.1 Å². The number of carbonyl (C=O) groups is 2. The van der Waals surface area contributed by atoms with Gasteiger partial charge in [-0.2, -0.15) is 0 Å². The molecule has 0 aliphatic heterocycles. The maximum absolute atomic E-state index is 11.9. The molecule has 2 aromatic rings. The van der Waals surface area contributed by atoms with Crippen LogP contribution in [0.1, 0.15) is 12.7 Å². The molecule has 0 spiro atoms. The summed E-state index contributed by atoms with van der Waals surface area (Å²) in [6.07, 6.45) is 0.379. The largest absolute Gasteiger partial charge is 0.463 e. The van der Waals surface area contributed by atoms with Gasteiger partial charge < -0.3 is 19.3 Å². The van der Waals surface area contributed by atoms with E-state index >= 15 is 0 Å². The highest BCUT2D eigenvalue weighted by molar-refractivity contribution is 6.30. The van der Waals surface area contributed by atoms with E-state index in [1.807, 2.05) is 0 Å². The first-order valence-corrected chi connectivity index (χ1v) is 7.00. The molecule has 0 aliphatic rings. The average molecular weight is 340 g/mol. The van der Waals surface area contributed by atoms with Crippen LogP contribution in [-0.4, -0.2) is 34.7 Å². The highest BCUT2D eigenvalue weighted by Gasteiger charge is 2.19. The van der Waals surface area contributed by atoms with Gasteiger partial charge in [-0.05, 0) is 31.1 Å². The van der Waals surface area contributed by atoms with E-state index in [0.29, 0.717) is 16.6 Å². The van der Waals surface area contributed by atoms with Gasteiger partial charge in [0.05, 0.1) is 5.02 Å². The van der Waals surface area contributed by atoms with Gasteiger partial charge in [0, 0.05) is 12.3 Å². The topological polar surface area (TPSA) is 104 Å². The van der Waals surface area contributed by atoms with Crippen LogP contribution in [0, 0.1) is 6.92 Å². The Morgan fingerprint density at radius 3 is 2.83 bits per heavy atom. The van der Waals surface area contributed by atoms with Gasteiger partial charge in [-0.15, -0.1) is 0 Å². The van der Waals surface area contributed by atoms with Gasteiger partial charge in [0.2, 0.25) is 0 Å². The molecule has 1 amide bonds. The molecule has 1 atom stereocenters. The van der Waals surface area contributed by atoms with Crippen LogP contribution in [0.5, 0.6) is 5.88 Å². The number of aryl methyl sites for hydroxylation is 1. The summed E-state index contributed by atoms with van der Waals surface area (Å²) < 4.78 is 14.8. The molecule has 8 nitrogen and oxygen atoms in total. The Balaban J connectivity index is 1.78. The molecule has 1 N–H and O–H groups in total. The third-order valence-corrected chi connectivity index (χ3v) is 2.82. The third-order valence-electron chi connectivity index (χ3n) is 2.60. The first kappa shape index (κ1) is 16.8. The van der Waals surface area contributed by atoms with Crippen LogP contribution >= 0.6 is 11.6 Å². The van der Waals surface area contributed by atoms with Crippen LogP contribution in [0.3, 0.4) is 0 Å². The van der Waals surface area contributed by atoms with E-state index in [-0.39, 0.29) is 12.5 Å². The van der Waals surface area contributed by atoms with E-state index in [1.165, 1.54) is 25.3 Å². The number of rotatable bonds is 6. The molecule has 122 valence electrons. The van der Waals surface area contributed by atoms with Crippen molar-refractivity contribution in [2.24, 2.45) is 0 Å². The standard InChI is InChI=1S/C14H14ClN3O5/c1-8-5-12(18-23-8)21-7-13(19)22-9(2)14(20)17-11-4-3-10(15)6-16-11/h3-6,9H,7H2,1-2H3,(H,16,17,20)/t9-/m0/s1. The van der Waals surface area contributed by atoms with Crippen molar-refractivity contribution in [3.8, 4) is 5.88 Å². The number of esters is 1. The predicted molar refractivity (Wildman–Crippen MR) is 80.2 cm³/mol. The van der Waals surface area contributed by atoms with E-state index in [4.69, 9.17) is 25.6 Å². The second kappa shape index (κ2) is 7.59. The Morgan fingerprint density at radius 2 is 2.22 bits per heavy atom. The number of amides is 1. The predicted octanol–water partition coefficient (Wildman–Crippen LogP) is 1.98. The van der Waals surface area contributed by atoms with Gasteiger partial charge in [0.15, 0.2) is 12.7 Å². The smallest absolute Gasteiger partial charge is 0.345 e. The quantitative estimate of drug-likeness (QED) is 0.802. The Labute approximate surface area is 136 Å². The summed E-state index contributed by atoms with van der Waals surface area (Å²) in [6, 6.07) is 4.63. The summed E-state index contributed by atoms with van der Waals surface area (Å²) >= 11 is 5.70. The van der Waals surface area contributed by atoms with E-state index in [9.17, 15) is 9.59 Å². The van der Waals surface area contributed by atoms with Gasteiger partial charge in [-0.25, -0.2) is 9.78 Å². The fraction of sp³-hybridized carbons (Fsp3) is 0.286. The first-order valence-electron chi connectivity index (χ1n) is 6.62. The number of nitrogens with zero attached hydrogens (tertiary/aromatic N) is 2. The molecular formula is C14H14ClN3O5. The van der Waals surface area contributed by atoms with Crippen LogP contribution in [0.25, 0.3) is 0 Å². The first-order chi connectivity index (χ1) is 10.9. The Bertz CT molecular complexity index is 686. The summed E-state index contributed by atoms with van der Waals surface area (Å²) in [5, 5.41) is 6.51. The van der Waals surface area contributed by atoms with Gasteiger partial charge in [-0.1, -0.05) is 11.6 Å². The number of ether oxygens (including phenoxy) is 2. The zero-order valence-electron chi connectivity index (χ0n) is 12.4. The van der Waals surface area contributed by atoms with Crippen molar-refractivity contribution in [3.05, 3.63) is 35.2 Å². The van der Waals surface area contributed by atoms with Gasteiger partial charge in [-0.3, -0.25) is 4.79 Å². The van der Waals surface area contributed by atoms with Gasteiger partial charge in [0.1, 0.15) is 11.6 Å². The lowest BCUT2D eigenvalue weighted by atomic mass is 10.3. The molecule has 0 aromatic carbocycles. The molecule has 23 heavy (non-hydrogen) atoms. The van der Waals surface area contributed by atoms with Gasteiger partial charge >= 0.3 is 5.97 Å². The number of carbonyl (C=O) groups excluding carboxylic acids is 2. The fourth-order valence-corrected chi connectivity index (χ4v) is 1.62. The molecule has 0 unspecified atom stereocenters. The van der Waals surface area contributed by atoms with Gasteiger partial charge in [0.25, 0.3) is 11.8 Å². The Kier molecular flexibility index (Phi) is 5.53. The molecule has 0 aliphatic carbocycles. The van der Waals surface area contributed by atoms with Crippen molar-refractivity contribution in [1.29, 1.82) is 0 Å². The van der Waals surface area contributed by atoms with Crippen LogP contribution in [0.15, 0.2) is 28.9 Å². The van der Waals surface area contributed by atoms with Crippen LogP contribution in [0.2, 0.25) is 5.02 Å². The molecule has 2 aromatic heterocycles. The second-order valence-corrected chi connectivity index (χ2v) is 4.98. The third kappa shape index (κ3) is 5.26. The molecule has 0 bridgehead atoms. The molecule has 0 radical (unpaired) electrons. The lowest BCUT2D eigenvalue weighted by molar-refractivity contribution is -0.155. The SMILES string of the molecule is Cc1cc(OCC(=O)O[C@@H](C)C(=O)Nc2ccc(Cl)cn2)no1. The molecular weight excluding hydrogens is 326 g/mol. The second-order valence-electron chi connectivity index (χ2n) is 4.55. The highest BCUT2D eigenvalue weighted by atomic mass is 35.5. The zero-order chi connectivity index (χ0) is 16.8. The van der Waals surface area contributed by atoms with Crippen molar-refractivity contribution in [3.63, 3.8) is 0 Å². The maximum atomic E-state index is 11.9. The van der Waals surface area contributed by atoms with Crippen molar-refractivity contribution >= 4 is 29.3 Å². The van der Waals surface area contributed by atoms with Crippen LogP contribution < -0.4 is 10.1 Å². The number of pyridine rings is 1. The Hall–Kier alpha value is -2.61. The molecule has 0 saturated heterocycles. The minimum atomic E-state index is -1.01. The Morgan fingerprint density at radius 1 is 1.43 bits per heavy atom. The lowest BCUT2D eigenvalue weighted by Gasteiger charge is -2.13. The van der Waals surface area contributed by atoms with E-state index < -0.39 is 18.0 Å². The number of anilines is 1. The van der Waals surface area contributed by atoms with Crippen molar-refractivity contribution < 1.29 is 23.6 Å². The summed E-state index contributed by atoms with van der Waals surface area (Å²) in [6.45, 7) is 2.74. The number of hydrogen-bond donors (Lipinski definition) is 1. The molecule has 0 fully saturated rings. The number of halogens is 1. The summed E-state index contributed by atoms with van der Waals surface area (Å²) in [5.41, 5.74) is 0. The number of hydrogen-bond acceptors (Lipinski definition) is 7. The molecule has 2 rings (SSSR count). The maximum Gasteiger partial charge on any atom is 0.345 e. The number of nitrogens with one attached hydrogen (secondary N) is 1. The summed E-state index contributed by atoms with van der Waals surface area (Å²) in [4.78, 5) is 27.4. The van der Waals surface area contributed by atoms with E-state index in [0.717, 1.165) is 0 Å². The lowest BCUT2D eigenvalue weighted by Crippen LogP contribution is -2.31. The monoisotopic (exact) mass is 339 g/mol. The molecule has 9 heteroatoms. The normalized spacial score (nSPS) is 11.6. The van der Waals surface area contributed by atoms with Crippen molar-refractivity contribution in [2.45, 2.75) is 20.0 Å². The zero-order valence-corrected chi connectivity index (χ0v) is 13.2. The fourth-order valence-electron chi connectivity index (χ4n) is 1.51. The molecule has 0 saturated carbocycles. The van der Waals surface area contributed by atoms with Crippen LogP contribution in [0.4, 0.5) is 5.82 Å². The minimum Gasteiger partial charge on any atom is -0.463 e. The van der Waals surface area contributed by atoms with E-state index in [1.54, 1.807) is 13.0 Å². The summed E-state index contributed by atoms with van der Waals surface area (Å²) in [5.74, 6) is -0.210. The van der Waals surface area contributed by atoms with Crippen LogP contribution in [-0.2, 0) is 14.3 Å².